The van der Waals surface area contributed by atoms with Gasteiger partial charge in [-0.05, 0) is 76.2 Å². The number of halogens is 1. The van der Waals surface area contributed by atoms with E-state index in [0.29, 0.717) is 0 Å². The van der Waals surface area contributed by atoms with E-state index in [1.54, 1.807) is 0 Å². The van der Waals surface area contributed by atoms with Crippen LogP contribution in [0.15, 0.2) is 22.5 Å². The number of thiophene rings is 1. The van der Waals surface area contributed by atoms with E-state index in [1.807, 2.05) is 11.3 Å². The van der Waals surface area contributed by atoms with Gasteiger partial charge in [0.05, 0.1) is 0 Å². The number of aliphatic imine (C=N–C) groups is 1. The number of rotatable bonds is 8. The van der Waals surface area contributed by atoms with Crippen molar-refractivity contribution < 1.29 is 0 Å². The Labute approximate surface area is 192 Å². The van der Waals surface area contributed by atoms with Crippen molar-refractivity contribution in [1.29, 1.82) is 0 Å². The number of likely N-dealkylation sites (tertiary alicyclic amines) is 2. The molecule has 0 atom stereocenters. The lowest BCUT2D eigenvalue weighted by Gasteiger charge is -2.31. The molecule has 7 heteroatoms. The molecule has 0 aliphatic carbocycles. The molecule has 1 aromatic heterocycles. The monoisotopic (exact) mass is 519 g/mol. The van der Waals surface area contributed by atoms with Crippen molar-refractivity contribution in [2.45, 2.75) is 45.6 Å². The summed E-state index contributed by atoms with van der Waals surface area (Å²) in [5, 5.41) is 9.12. The zero-order valence-corrected chi connectivity index (χ0v) is 20.5. The molecule has 2 saturated heterocycles. The first-order valence-corrected chi connectivity index (χ1v) is 11.7. The molecule has 5 nitrogen and oxygen atoms in total. The average molecular weight is 520 g/mol. The SMILES string of the molecule is CCNC(=NCC1CCN(Cc2cccs2)CC1)NCCN1CCCCC1.I. The number of piperidine rings is 2. The third kappa shape index (κ3) is 8.55. The van der Waals surface area contributed by atoms with Gasteiger partial charge in [-0.2, -0.15) is 0 Å². The molecule has 0 unspecified atom stereocenters. The lowest BCUT2D eigenvalue weighted by molar-refractivity contribution is 0.182. The van der Waals surface area contributed by atoms with Gasteiger partial charge in [-0.15, -0.1) is 35.3 Å². The van der Waals surface area contributed by atoms with E-state index < -0.39 is 0 Å². The second-order valence-electron chi connectivity index (χ2n) is 7.85. The first-order valence-electron chi connectivity index (χ1n) is 10.8. The Kier molecular flexibility index (Phi) is 11.8. The van der Waals surface area contributed by atoms with Crippen molar-refractivity contribution >= 4 is 41.3 Å². The van der Waals surface area contributed by atoms with Gasteiger partial charge < -0.3 is 15.5 Å². The van der Waals surface area contributed by atoms with Crippen LogP contribution in [0.5, 0.6) is 0 Å². The van der Waals surface area contributed by atoms with Crippen LogP contribution >= 0.6 is 35.3 Å². The summed E-state index contributed by atoms with van der Waals surface area (Å²) in [5.74, 6) is 1.72. The molecule has 0 bridgehead atoms. The average Bonchev–Trinajstić information content (AvgIpc) is 3.21. The zero-order chi connectivity index (χ0) is 18.7. The molecular formula is C21H38IN5S. The van der Waals surface area contributed by atoms with Crippen LogP contribution in [0.3, 0.4) is 0 Å². The van der Waals surface area contributed by atoms with E-state index in [2.05, 4.69) is 44.9 Å². The molecule has 2 aliphatic rings. The first-order chi connectivity index (χ1) is 13.3. The molecule has 2 aliphatic heterocycles. The minimum absolute atomic E-state index is 0. The molecule has 2 fully saturated rings. The summed E-state index contributed by atoms with van der Waals surface area (Å²) in [7, 11) is 0. The van der Waals surface area contributed by atoms with E-state index >= 15 is 0 Å². The van der Waals surface area contributed by atoms with Crippen LogP contribution in [-0.2, 0) is 6.54 Å². The van der Waals surface area contributed by atoms with Crippen LogP contribution in [-0.4, -0.2) is 68.1 Å². The van der Waals surface area contributed by atoms with Crippen molar-refractivity contribution in [3.05, 3.63) is 22.4 Å². The van der Waals surface area contributed by atoms with Gasteiger partial charge in [0.1, 0.15) is 0 Å². The lowest BCUT2D eigenvalue weighted by atomic mass is 9.97. The quantitative estimate of drug-likeness (QED) is 0.313. The summed E-state index contributed by atoms with van der Waals surface area (Å²) >= 11 is 1.87. The molecule has 160 valence electrons. The van der Waals surface area contributed by atoms with E-state index in [-0.39, 0.29) is 24.0 Å². The highest BCUT2D eigenvalue weighted by Crippen LogP contribution is 2.20. The van der Waals surface area contributed by atoms with E-state index in [1.165, 1.54) is 63.2 Å². The standard InChI is InChI=1S/C21H37N5S.HI/c1-2-22-21(23-10-15-25-11-4-3-5-12-25)24-17-19-8-13-26(14-9-19)18-20-7-6-16-27-20;/h6-7,16,19H,2-5,8-15,17-18H2,1H3,(H2,22,23,24);1H. The third-order valence-corrected chi connectivity index (χ3v) is 6.55. The van der Waals surface area contributed by atoms with Crippen molar-refractivity contribution in [3.63, 3.8) is 0 Å². The van der Waals surface area contributed by atoms with Crippen molar-refractivity contribution in [2.75, 3.05) is 52.4 Å². The van der Waals surface area contributed by atoms with Crippen LogP contribution in [0.4, 0.5) is 0 Å². The van der Waals surface area contributed by atoms with E-state index in [4.69, 9.17) is 4.99 Å². The van der Waals surface area contributed by atoms with Crippen LogP contribution in [0.25, 0.3) is 0 Å². The Hall–Kier alpha value is -0.380. The van der Waals surface area contributed by atoms with Gasteiger partial charge in [-0.3, -0.25) is 9.89 Å². The smallest absolute Gasteiger partial charge is 0.191 e. The van der Waals surface area contributed by atoms with Gasteiger partial charge >= 0.3 is 0 Å². The minimum atomic E-state index is 0. The second kappa shape index (κ2) is 13.8. The van der Waals surface area contributed by atoms with Gasteiger partial charge in [0.25, 0.3) is 0 Å². The molecule has 0 radical (unpaired) electrons. The minimum Gasteiger partial charge on any atom is -0.357 e. The Balaban J connectivity index is 0.00000280. The number of guanidine groups is 1. The maximum Gasteiger partial charge on any atom is 0.191 e. The van der Waals surface area contributed by atoms with Gasteiger partial charge in [-0.25, -0.2) is 0 Å². The van der Waals surface area contributed by atoms with Crippen LogP contribution in [0.2, 0.25) is 0 Å². The topological polar surface area (TPSA) is 42.9 Å². The molecule has 3 rings (SSSR count). The van der Waals surface area contributed by atoms with Gasteiger partial charge in [-0.1, -0.05) is 12.5 Å². The van der Waals surface area contributed by atoms with Crippen molar-refractivity contribution in [1.82, 2.24) is 20.4 Å². The Morgan fingerprint density at radius 1 is 1.11 bits per heavy atom. The van der Waals surface area contributed by atoms with E-state index in [9.17, 15) is 0 Å². The molecule has 2 N–H and O–H groups in total. The summed E-state index contributed by atoms with van der Waals surface area (Å²) in [6.45, 7) is 12.2. The van der Waals surface area contributed by atoms with Gasteiger partial charge in [0.15, 0.2) is 5.96 Å². The molecule has 28 heavy (non-hydrogen) atoms. The number of hydrogen-bond donors (Lipinski definition) is 2. The van der Waals surface area contributed by atoms with Crippen LogP contribution in [0.1, 0.15) is 43.9 Å². The van der Waals surface area contributed by atoms with Crippen LogP contribution in [0, 0.1) is 5.92 Å². The third-order valence-electron chi connectivity index (χ3n) is 5.69. The highest BCUT2D eigenvalue weighted by atomic mass is 127. The predicted octanol–water partition coefficient (Wildman–Crippen LogP) is 3.62. The number of hydrogen-bond acceptors (Lipinski definition) is 4. The van der Waals surface area contributed by atoms with Crippen molar-refractivity contribution in [2.24, 2.45) is 10.9 Å². The molecule has 3 heterocycles. The molecule has 0 spiro atoms. The summed E-state index contributed by atoms with van der Waals surface area (Å²) in [6.07, 6.45) is 6.66. The van der Waals surface area contributed by atoms with Gasteiger partial charge in [0.2, 0.25) is 0 Å². The van der Waals surface area contributed by atoms with Crippen LogP contribution < -0.4 is 10.6 Å². The summed E-state index contributed by atoms with van der Waals surface area (Å²) in [5.41, 5.74) is 0. The number of nitrogens with one attached hydrogen (secondary N) is 2. The Bertz CT molecular complexity index is 537. The van der Waals surface area contributed by atoms with Crippen molar-refractivity contribution in [3.8, 4) is 0 Å². The fraction of sp³-hybridized carbons (Fsp3) is 0.762. The zero-order valence-electron chi connectivity index (χ0n) is 17.4. The Morgan fingerprint density at radius 2 is 1.89 bits per heavy atom. The fourth-order valence-corrected chi connectivity index (χ4v) is 4.77. The summed E-state index contributed by atoms with van der Waals surface area (Å²) in [4.78, 5) is 11.5. The van der Waals surface area contributed by atoms with E-state index in [0.717, 1.165) is 44.6 Å². The molecule has 0 saturated carbocycles. The summed E-state index contributed by atoms with van der Waals surface area (Å²) in [6, 6.07) is 4.40. The van der Waals surface area contributed by atoms with Gasteiger partial charge in [0, 0.05) is 37.6 Å². The largest absolute Gasteiger partial charge is 0.357 e. The summed E-state index contributed by atoms with van der Waals surface area (Å²) < 4.78 is 0. The number of nitrogens with zero attached hydrogens (tertiary/aromatic N) is 3. The molecule has 0 amide bonds. The second-order valence-corrected chi connectivity index (χ2v) is 8.88. The molecule has 1 aromatic rings. The highest BCUT2D eigenvalue weighted by molar-refractivity contribution is 14.0. The maximum atomic E-state index is 4.88. The maximum absolute atomic E-state index is 4.88. The molecule has 0 aromatic carbocycles. The fourth-order valence-electron chi connectivity index (χ4n) is 4.03. The highest BCUT2D eigenvalue weighted by Gasteiger charge is 2.19. The normalized spacial score (nSPS) is 20.0. The first kappa shape index (κ1) is 23.9. The predicted molar refractivity (Wildman–Crippen MR) is 132 cm³/mol. The lowest BCUT2D eigenvalue weighted by Crippen LogP contribution is -2.43. The molecular weight excluding hydrogens is 481 g/mol. The Morgan fingerprint density at radius 3 is 2.57 bits per heavy atom.